The lowest BCUT2D eigenvalue weighted by Crippen LogP contribution is -2.45. The van der Waals surface area contributed by atoms with E-state index in [1.165, 1.54) is 6.42 Å². The average Bonchev–Trinajstić information content (AvgIpc) is 3.26. The lowest BCUT2D eigenvalue weighted by Gasteiger charge is -2.36. The van der Waals surface area contributed by atoms with Crippen LogP contribution in [0.5, 0.6) is 0 Å². The fourth-order valence-electron chi connectivity index (χ4n) is 3.91. The van der Waals surface area contributed by atoms with E-state index in [9.17, 15) is 5.11 Å². The van der Waals surface area contributed by atoms with Crippen LogP contribution < -0.4 is 0 Å². The number of nitrogens with zero attached hydrogens (tertiary/aromatic N) is 4. The molecule has 2 saturated heterocycles. The van der Waals surface area contributed by atoms with Crippen LogP contribution in [0, 0.1) is 5.92 Å². The quantitative estimate of drug-likeness (QED) is 0.924. The monoisotopic (exact) mass is 328 g/mol. The third-order valence-electron chi connectivity index (χ3n) is 5.16. The minimum absolute atomic E-state index is 0.213. The fraction of sp³-hybridized carbons (Fsp3) is 0.556. The van der Waals surface area contributed by atoms with Crippen molar-refractivity contribution in [3.63, 3.8) is 0 Å². The Hall–Kier alpha value is -1.76. The Balaban J connectivity index is 1.45. The van der Waals surface area contributed by atoms with Gasteiger partial charge in [0.25, 0.3) is 0 Å². The third-order valence-corrected chi connectivity index (χ3v) is 5.16. The summed E-state index contributed by atoms with van der Waals surface area (Å²) in [5.41, 5.74) is 1.94. The molecular weight excluding hydrogens is 304 g/mol. The van der Waals surface area contributed by atoms with Crippen molar-refractivity contribution in [2.24, 2.45) is 5.92 Å². The largest absolute Gasteiger partial charge is 0.393 e. The Morgan fingerprint density at radius 2 is 2.08 bits per heavy atom. The van der Waals surface area contributed by atoms with Crippen LogP contribution in [0.4, 0.5) is 0 Å². The topological polar surface area (TPSA) is 63.4 Å². The normalized spacial score (nSPS) is 28.3. The maximum Gasteiger partial charge on any atom is 0.0971 e. The Labute approximate surface area is 142 Å². The molecular formula is C18H24N4O2. The Bertz CT molecular complexity index is 660. The minimum Gasteiger partial charge on any atom is -0.393 e. The van der Waals surface area contributed by atoms with Gasteiger partial charge in [-0.3, -0.25) is 4.90 Å². The molecule has 2 aromatic rings. The molecule has 1 N–H and O–H groups in total. The predicted octanol–water partition coefficient (Wildman–Crippen LogP) is 1.63. The molecule has 3 atom stereocenters. The summed E-state index contributed by atoms with van der Waals surface area (Å²) >= 11 is 0. The third kappa shape index (κ3) is 3.22. The smallest absolute Gasteiger partial charge is 0.0971 e. The lowest BCUT2D eigenvalue weighted by molar-refractivity contribution is -0.0637. The summed E-state index contributed by atoms with van der Waals surface area (Å²) in [6.07, 6.45) is 4.64. The molecule has 1 aromatic carbocycles. The van der Waals surface area contributed by atoms with Crippen LogP contribution in [-0.4, -0.2) is 56.9 Å². The molecule has 0 saturated carbocycles. The summed E-state index contributed by atoms with van der Waals surface area (Å²) in [6.45, 7) is 3.17. The molecule has 0 amide bonds. The van der Waals surface area contributed by atoms with Gasteiger partial charge in [-0.15, -0.1) is 0 Å². The van der Waals surface area contributed by atoms with Crippen LogP contribution in [0.3, 0.4) is 0 Å². The first kappa shape index (κ1) is 15.7. The van der Waals surface area contributed by atoms with Crippen molar-refractivity contribution >= 4 is 0 Å². The van der Waals surface area contributed by atoms with Crippen molar-refractivity contribution in [2.45, 2.75) is 38.0 Å². The highest BCUT2D eigenvalue weighted by molar-refractivity contribution is 5.28. The standard InChI is InChI=1S/C18H24N4O2/c23-18-8-10-24-13-16(18)17-7-4-9-21(17)12-14-11-19-22(20-14)15-5-2-1-3-6-15/h1-3,5-6,11,16-18,23H,4,7-10,12-13H2/t16-,17+,18-/m1/s1. The molecule has 0 spiro atoms. The molecule has 6 heteroatoms. The number of benzene rings is 1. The number of rotatable bonds is 4. The van der Waals surface area contributed by atoms with Crippen molar-refractivity contribution < 1.29 is 9.84 Å². The van der Waals surface area contributed by atoms with Crippen molar-refractivity contribution in [3.8, 4) is 5.69 Å². The number of hydrogen-bond donors (Lipinski definition) is 1. The summed E-state index contributed by atoms with van der Waals surface area (Å²) in [6, 6.07) is 10.3. The average molecular weight is 328 g/mol. The van der Waals surface area contributed by atoms with E-state index in [1.807, 2.05) is 36.5 Å². The van der Waals surface area contributed by atoms with Gasteiger partial charge in [-0.2, -0.15) is 15.0 Å². The first-order valence-electron chi connectivity index (χ1n) is 8.78. The molecule has 0 bridgehead atoms. The first-order valence-corrected chi connectivity index (χ1v) is 8.78. The molecule has 4 rings (SSSR count). The molecule has 128 valence electrons. The summed E-state index contributed by atoms with van der Waals surface area (Å²) < 4.78 is 5.61. The van der Waals surface area contributed by atoms with Crippen LogP contribution >= 0.6 is 0 Å². The van der Waals surface area contributed by atoms with E-state index in [2.05, 4.69) is 15.1 Å². The number of ether oxygens (including phenoxy) is 1. The molecule has 24 heavy (non-hydrogen) atoms. The highest BCUT2D eigenvalue weighted by Gasteiger charge is 2.37. The van der Waals surface area contributed by atoms with Crippen molar-refractivity contribution in [1.82, 2.24) is 19.9 Å². The van der Waals surface area contributed by atoms with Crippen LogP contribution in [0.15, 0.2) is 36.5 Å². The molecule has 2 fully saturated rings. The van der Waals surface area contributed by atoms with Gasteiger partial charge in [0.2, 0.25) is 0 Å². The number of para-hydroxylation sites is 1. The van der Waals surface area contributed by atoms with Gasteiger partial charge >= 0.3 is 0 Å². The molecule has 0 aliphatic carbocycles. The van der Waals surface area contributed by atoms with Crippen LogP contribution in [-0.2, 0) is 11.3 Å². The summed E-state index contributed by atoms with van der Waals surface area (Å²) in [4.78, 5) is 4.11. The van der Waals surface area contributed by atoms with Crippen molar-refractivity contribution in [1.29, 1.82) is 0 Å². The number of aliphatic hydroxyl groups is 1. The van der Waals surface area contributed by atoms with Gasteiger partial charge in [-0.1, -0.05) is 18.2 Å². The van der Waals surface area contributed by atoms with Gasteiger partial charge in [-0.05, 0) is 37.9 Å². The van der Waals surface area contributed by atoms with Crippen LogP contribution in [0.2, 0.25) is 0 Å². The van der Waals surface area contributed by atoms with E-state index in [1.54, 1.807) is 4.80 Å². The second-order valence-electron chi connectivity index (χ2n) is 6.74. The van der Waals surface area contributed by atoms with Gasteiger partial charge in [0, 0.05) is 25.1 Å². The van der Waals surface area contributed by atoms with Gasteiger partial charge in [0.05, 0.1) is 30.3 Å². The zero-order chi connectivity index (χ0) is 16.4. The van der Waals surface area contributed by atoms with Crippen LogP contribution in [0.25, 0.3) is 5.69 Å². The molecule has 0 radical (unpaired) electrons. The summed E-state index contributed by atoms with van der Waals surface area (Å²) in [7, 11) is 0. The van der Waals surface area contributed by atoms with E-state index in [4.69, 9.17) is 4.74 Å². The highest BCUT2D eigenvalue weighted by Crippen LogP contribution is 2.30. The van der Waals surface area contributed by atoms with Crippen LogP contribution in [0.1, 0.15) is 25.0 Å². The SMILES string of the molecule is O[C@@H]1CCOC[C@@H]1[C@@H]1CCCN1Cc1cnn(-c2ccccc2)n1. The molecule has 2 aliphatic heterocycles. The van der Waals surface area contributed by atoms with E-state index in [0.29, 0.717) is 19.3 Å². The van der Waals surface area contributed by atoms with Gasteiger partial charge in [-0.25, -0.2) is 0 Å². The maximum atomic E-state index is 10.3. The Morgan fingerprint density at radius 3 is 2.92 bits per heavy atom. The second-order valence-corrected chi connectivity index (χ2v) is 6.74. The highest BCUT2D eigenvalue weighted by atomic mass is 16.5. The van der Waals surface area contributed by atoms with Crippen molar-refractivity contribution in [3.05, 3.63) is 42.2 Å². The number of aromatic nitrogens is 3. The Kier molecular flexibility index (Phi) is 4.60. The Morgan fingerprint density at radius 1 is 1.21 bits per heavy atom. The summed E-state index contributed by atoms with van der Waals surface area (Å²) in [5, 5.41) is 19.3. The fourth-order valence-corrected chi connectivity index (χ4v) is 3.91. The zero-order valence-electron chi connectivity index (χ0n) is 13.8. The molecule has 0 unspecified atom stereocenters. The predicted molar refractivity (Wildman–Crippen MR) is 89.7 cm³/mol. The number of likely N-dealkylation sites (tertiary alicyclic amines) is 1. The number of aliphatic hydroxyl groups excluding tert-OH is 1. The molecule has 2 aliphatic rings. The molecule has 1 aromatic heterocycles. The maximum absolute atomic E-state index is 10.3. The van der Waals surface area contributed by atoms with E-state index >= 15 is 0 Å². The van der Waals surface area contributed by atoms with E-state index < -0.39 is 0 Å². The van der Waals surface area contributed by atoms with Gasteiger partial charge in [0.15, 0.2) is 0 Å². The number of hydrogen-bond acceptors (Lipinski definition) is 5. The van der Waals surface area contributed by atoms with Gasteiger partial charge < -0.3 is 9.84 Å². The second kappa shape index (κ2) is 7.01. The molecule has 6 nitrogen and oxygen atoms in total. The minimum atomic E-state index is -0.246. The lowest BCUT2D eigenvalue weighted by atomic mass is 9.89. The zero-order valence-corrected chi connectivity index (χ0v) is 13.8. The van der Waals surface area contributed by atoms with Gasteiger partial charge in [0.1, 0.15) is 0 Å². The van der Waals surface area contributed by atoms with E-state index in [-0.39, 0.29) is 12.0 Å². The molecule has 3 heterocycles. The van der Waals surface area contributed by atoms with E-state index in [0.717, 1.165) is 37.3 Å². The summed E-state index contributed by atoms with van der Waals surface area (Å²) in [5.74, 6) is 0.213. The van der Waals surface area contributed by atoms with Crippen molar-refractivity contribution in [2.75, 3.05) is 19.8 Å². The first-order chi connectivity index (χ1) is 11.8.